The molecule has 82 valence electrons. The van der Waals surface area contributed by atoms with Crippen molar-refractivity contribution in [3.63, 3.8) is 0 Å². The molecule has 1 heterocycles. The van der Waals surface area contributed by atoms with Gasteiger partial charge in [0.2, 0.25) is 0 Å². The third-order valence-corrected chi connectivity index (χ3v) is 2.24. The van der Waals surface area contributed by atoms with Crippen molar-refractivity contribution < 1.29 is 9.68 Å². The maximum Gasteiger partial charge on any atom is 0.158 e. The third-order valence-electron chi connectivity index (χ3n) is 2.24. The Balaban J connectivity index is 1.95. The molecule has 4 nitrogen and oxygen atoms in total. The van der Waals surface area contributed by atoms with E-state index in [1.165, 1.54) is 5.23 Å². The molecule has 0 N–H and O–H groups in total. The summed E-state index contributed by atoms with van der Waals surface area (Å²) in [7, 11) is 0. The number of rotatable bonds is 3. The van der Waals surface area contributed by atoms with Crippen LogP contribution in [0, 0.1) is 11.3 Å². The molecule has 0 fully saturated rings. The number of nitriles is 1. The van der Waals surface area contributed by atoms with Crippen LogP contribution >= 0.6 is 0 Å². The van der Waals surface area contributed by atoms with Crippen LogP contribution in [-0.4, -0.2) is 11.3 Å². The van der Waals surface area contributed by atoms with Crippen molar-refractivity contribution in [3.05, 3.63) is 42.1 Å². The van der Waals surface area contributed by atoms with E-state index in [1.807, 2.05) is 19.1 Å². The summed E-state index contributed by atoms with van der Waals surface area (Å²) in [5.74, 6) is 0.639. The molecule has 1 aromatic rings. The summed E-state index contributed by atoms with van der Waals surface area (Å²) in [5.41, 5.74) is 0.608. The molecule has 0 saturated heterocycles. The number of nitrogens with zero attached hydrogens (tertiary/aromatic N) is 2. The summed E-state index contributed by atoms with van der Waals surface area (Å²) < 4.78 is 0. The third kappa shape index (κ3) is 2.33. The normalized spacial score (nSPS) is 18.5. The molecule has 0 saturated carbocycles. The van der Waals surface area contributed by atoms with E-state index in [1.54, 1.807) is 30.5 Å². The fourth-order valence-corrected chi connectivity index (χ4v) is 1.33. The van der Waals surface area contributed by atoms with Gasteiger partial charge in [0.15, 0.2) is 5.75 Å². The van der Waals surface area contributed by atoms with Gasteiger partial charge >= 0.3 is 0 Å². The molecule has 16 heavy (non-hydrogen) atoms. The van der Waals surface area contributed by atoms with Gasteiger partial charge in [-0.2, -0.15) is 5.26 Å². The lowest BCUT2D eigenvalue weighted by Gasteiger charge is -2.16. The SMILES string of the molecule is CCC1C=CN(Oc2ccc(C#N)cc2)O1. The molecule has 1 aliphatic heterocycles. The van der Waals surface area contributed by atoms with Crippen LogP contribution in [0.25, 0.3) is 0 Å². The second-order valence-electron chi connectivity index (χ2n) is 3.41. The van der Waals surface area contributed by atoms with Gasteiger partial charge in [-0.05, 0) is 36.8 Å². The summed E-state index contributed by atoms with van der Waals surface area (Å²) in [6, 6.07) is 8.91. The van der Waals surface area contributed by atoms with Crippen molar-refractivity contribution in [1.82, 2.24) is 5.23 Å². The summed E-state index contributed by atoms with van der Waals surface area (Å²) in [4.78, 5) is 10.8. The highest BCUT2D eigenvalue weighted by molar-refractivity contribution is 5.34. The van der Waals surface area contributed by atoms with E-state index in [-0.39, 0.29) is 6.10 Å². The van der Waals surface area contributed by atoms with Crippen LogP contribution in [0.1, 0.15) is 18.9 Å². The minimum Gasteiger partial charge on any atom is -0.354 e. The van der Waals surface area contributed by atoms with Gasteiger partial charge in [0.1, 0.15) is 6.10 Å². The van der Waals surface area contributed by atoms with E-state index in [0.29, 0.717) is 11.3 Å². The van der Waals surface area contributed by atoms with Gasteiger partial charge in [0, 0.05) is 0 Å². The minimum atomic E-state index is 0.0818. The maximum absolute atomic E-state index is 8.64. The molecule has 0 aromatic heterocycles. The zero-order valence-corrected chi connectivity index (χ0v) is 8.96. The molecule has 0 aliphatic carbocycles. The van der Waals surface area contributed by atoms with Gasteiger partial charge in [0.25, 0.3) is 0 Å². The quantitative estimate of drug-likeness (QED) is 0.778. The van der Waals surface area contributed by atoms with Crippen LogP contribution in [0.3, 0.4) is 0 Å². The topological polar surface area (TPSA) is 45.5 Å². The molecule has 1 atom stereocenters. The molecule has 1 aromatic carbocycles. The summed E-state index contributed by atoms with van der Waals surface area (Å²) in [6.07, 6.45) is 4.66. The highest BCUT2D eigenvalue weighted by Gasteiger charge is 2.16. The van der Waals surface area contributed by atoms with Gasteiger partial charge in [-0.1, -0.05) is 12.2 Å². The molecule has 0 radical (unpaired) electrons. The number of hydrogen-bond acceptors (Lipinski definition) is 4. The molecular weight excluding hydrogens is 204 g/mol. The highest BCUT2D eigenvalue weighted by Crippen LogP contribution is 2.18. The van der Waals surface area contributed by atoms with Crippen LogP contribution in [0.2, 0.25) is 0 Å². The molecular formula is C12H12N2O2. The zero-order valence-electron chi connectivity index (χ0n) is 8.96. The average molecular weight is 216 g/mol. The van der Waals surface area contributed by atoms with Crippen molar-refractivity contribution in [2.75, 3.05) is 0 Å². The van der Waals surface area contributed by atoms with Crippen molar-refractivity contribution in [2.24, 2.45) is 0 Å². The molecule has 4 heteroatoms. The number of benzene rings is 1. The van der Waals surface area contributed by atoms with Crippen LogP contribution in [-0.2, 0) is 4.84 Å². The predicted molar refractivity (Wildman–Crippen MR) is 57.9 cm³/mol. The fraction of sp³-hybridized carbons (Fsp3) is 0.250. The van der Waals surface area contributed by atoms with E-state index >= 15 is 0 Å². The lowest BCUT2D eigenvalue weighted by atomic mass is 10.2. The Labute approximate surface area is 94.2 Å². The van der Waals surface area contributed by atoms with Crippen LogP contribution in [0.4, 0.5) is 0 Å². The minimum absolute atomic E-state index is 0.0818. The van der Waals surface area contributed by atoms with Gasteiger partial charge in [-0.3, -0.25) is 0 Å². The van der Waals surface area contributed by atoms with Gasteiger partial charge in [-0.15, -0.1) is 0 Å². The highest BCUT2D eigenvalue weighted by atomic mass is 17.0. The number of hydroxylamine groups is 2. The first kappa shape index (κ1) is 10.5. The Morgan fingerprint density at radius 3 is 2.75 bits per heavy atom. The van der Waals surface area contributed by atoms with E-state index < -0.39 is 0 Å². The molecule has 0 amide bonds. The largest absolute Gasteiger partial charge is 0.354 e. The van der Waals surface area contributed by atoms with Gasteiger partial charge in [-0.25, -0.2) is 4.84 Å². The first-order valence-corrected chi connectivity index (χ1v) is 5.14. The average Bonchev–Trinajstić information content (AvgIpc) is 2.78. The van der Waals surface area contributed by atoms with Crippen molar-refractivity contribution in [3.8, 4) is 11.8 Å². The molecule has 0 bridgehead atoms. The van der Waals surface area contributed by atoms with Crippen LogP contribution in [0.15, 0.2) is 36.5 Å². The smallest absolute Gasteiger partial charge is 0.158 e. The predicted octanol–water partition coefficient (Wildman–Crippen LogP) is 2.39. The van der Waals surface area contributed by atoms with Crippen molar-refractivity contribution in [1.29, 1.82) is 5.26 Å². The number of hydrogen-bond donors (Lipinski definition) is 0. The summed E-state index contributed by atoms with van der Waals surface area (Å²) in [5, 5.41) is 9.97. The molecule has 0 spiro atoms. The van der Waals surface area contributed by atoms with E-state index in [4.69, 9.17) is 14.9 Å². The van der Waals surface area contributed by atoms with E-state index in [9.17, 15) is 0 Å². The molecule has 1 aliphatic rings. The van der Waals surface area contributed by atoms with E-state index in [0.717, 1.165) is 6.42 Å². The zero-order chi connectivity index (χ0) is 11.4. The Bertz CT molecular complexity index is 420. The Kier molecular flexibility index (Phi) is 3.08. The lowest BCUT2D eigenvalue weighted by Crippen LogP contribution is -2.21. The molecule has 1 unspecified atom stereocenters. The van der Waals surface area contributed by atoms with Crippen LogP contribution < -0.4 is 4.84 Å². The first-order valence-electron chi connectivity index (χ1n) is 5.14. The van der Waals surface area contributed by atoms with Crippen molar-refractivity contribution in [2.45, 2.75) is 19.4 Å². The standard InChI is InChI=1S/C12H12N2O2/c1-2-11-7-8-14(15-11)16-12-5-3-10(9-13)4-6-12/h3-8,11H,2H2,1H3. The second kappa shape index (κ2) is 4.69. The Hall–Kier alpha value is -1.99. The van der Waals surface area contributed by atoms with Gasteiger partial charge in [0.05, 0.1) is 17.8 Å². The lowest BCUT2D eigenvalue weighted by molar-refractivity contribution is -0.284. The second-order valence-corrected chi connectivity index (χ2v) is 3.41. The summed E-state index contributed by atoms with van der Waals surface area (Å²) >= 11 is 0. The van der Waals surface area contributed by atoms with Gasteiger partial charge < -0.3 is 4.84 Å². The van der Waals surface area contributed by atoms with Crippen LogP contribution in [0.5, 0.6) is 5.75 Å². The first-order chi connectivity index (χ1) is 7.81. The molecule has 2 rings (SSSR count). The monoisotopic (exact) mass is 216 g/mol. The Morgan fingerprint density at radius 1 is 1.44 bits per heavy atom. The Morgan fingerprint density at radius 2 is 2.19 bits per heavy atom. The fourth-order valence-electron chi connectivity index (χ4n) is 1.33. The maximum atomic E-state index is 8.64. The van der Waals surface area contributed by atoms with E-state index in [2.05, 4.69) is 0 Å². The van der Waals surface area contributed by atoms with Crippen molar-refractivity contribution >= 4 is 0 Å². The summed E-state index contributed by atoms with van der Waals surface area (Å²) in [6.45, 7) is 2.04.